The maximum Gasteiger partial charge on any atom is 0.459 e. The van der Waals surface area contributed by atoms with Crippen molar-refractivity contribution in [2.75, 3.05) is 31.8 Å². The third kappa shape index (κ3) is 4.39. The number of esters is 1. The Morgan fingerprint density at radius 3 is 2.62 bits per heavy atom. The van der Waals surface area contributed by atoms with Gasteiger partial charge in [0.05, 0.1) is 13.4 Å². The van der Waals surface area contributed by atoms with Gasteiger partial charge in [0.25, 0.3) is 0 Å². The molecular formula is C23H29FN7O7P. The van der Waals surface area contributed by atoms with Crippen molar-refractivity contribution in [3.8, 4) is 5.75 Å². The summed E-state index contributed by atoms with van der Waals surface area (Å²) in [5.74, 6) is -0.211. The highest BCUT2D eigenvalue weighted by molar-refractivity contribution is 7.52. The molecule has 210 valence electrons. The molecule has 0 bridgehead atoms. The molecule has 1 aliphatic carbocycles. The second-order valence-corrected chi connectivity index (χ2v) is 11.4. The van der Waals surface area contributed by atoms with Crippen LogP contribution in [0.5, 0.6) is 5.75 Å². The molecule has 1 saturated heterocycles. The zero-order valence-electron chi connectivity index (χ0n) is 21.8. The summed E-state index contributed by atoms with van der Waals surface area (Å²) in [6.07, 6.45) is -2.69. The lowest BCUT2D eigenvalue weighted by Gasteiger charge is -2.31. The first-order valence-electron chi connectivity index (χ1n) is 11.9. The van der Waals surface area contributed by atoms with Gasteiger partial charge in [-0.3, -0.25) is 13.9 Å². The smallest absolute Gasteiger partial charge is 0.459 e. The summed E-state index contributed by atoms with van der Waals surface area (Å²) in [6.45, 7) is 2.53. The van der Waals surface area contributed by atoms with Crippen LogP contribution in [0.2, 0.25) is 0 Å². The predicted octanol–water partition coefficient (Wildman–Crippen LogP) is 1.57. The summed E-state index contributed by atoms with van der Waals surface area (Å²) in [4.78, 5) is 26.3. The number of fused-ring (bicyclic) bond motifs is 2. The number of anilines is 2. The van der Waals surface area contributed by atoms with Gasteiger partial charge in [0.15, 0.2) is 34.5 Å². The number of nitrogens with zero attached hydrogens (tertiary/aromatic N) is 5. The molecule has 14 nitrogen and oxygen atoms in total. The number of imidazole rings is 1. The van der Waals surface area contributed by atoms with Crippen LogP contribution in [0.25, 0.3) is 11.2 Å². The summed E-state index contributed by atoms with van der Waals surface area (Å²) < 4.78 is 53.3. The molecular weight excluding hydrogens is 536 g/mol. The lowest BCUT2D eigenvalue weighted by molar-refractivity contribution is -0.142. The van der Waals surface area contributed by atoms with Crippen molar-refractivity contribution in [3.63, 3.8) is 0 Å². The quantitative estimate of drug-likeness (QED) is 0.252. The van der Waals surface area contributed by atoms with Gasteiger partial charge in [-0.25, -0.2) is 13.9 Å². The number of nitrogens with two attached hydrogens (primary N) is 1. The van der Waals surface area contributed by atoms with E-state index >= 15 is 4.39 Å². The van der Waals surface area contributed by atoms with Gasteiger partial charge in [-0.2, -0.15) is 15.1 Å². The molecule has 39 heavy (non-hydrogen) atoms. The number of alkyl halides is 1. The number of ether oxygens (including phenoxy) is 2. The van der Waals surface area contributed by atoms with Crippen LogP contribution in [0.4, 0.5) is 16.2 Å². The normalized spacial score (nSPS) is 29.9. The Morgan fingerprint density at radius 1 is 1.33 bits per heavy atom. The van der Waals surface area contributed by atoms with Crippen molar-refractivity contribution in [1.29, 1.82) is 0 Å². The summed E-state index contributed by atoms with van der Waals surface area (Å²) in [7, 11) is 0.287. The number of benzene rings is 1. The first kappa shape index (κ1) is 27.2. The predicted molar refractivity (Wildman–Crippen MR) is 137 cm³/mol. The molecule has 1 unspecified atom stereocenters. The second-order valence-electron chi connectivity index (χ2n) is 9.74. The Hall–Kier alpha value is -3.36. The van der Waals surface area contributed by atoms with Crippen LogP contribution in [-0.2, 0) is 23.4 Å². The van der Waals surface area contributed by atoms with E-state index in [0.717, 1.165) is 6.92 Å². The van der Waals surface area contributed by atoms with E-state index in [9.17, 15) is 14.5 Å². The van der Waals surface area contributed by atoms with Crippen LogP contribution in [0.3, 0.4) is 0 Å². The number of nitrogen functional groups attached to an aromatic ring is 1. The number of carbonyl (C=O) groups excluding carboxylic acids is 1. The minimum absolute atomic E-state index is 0.0543. The molecule has 1 aromatic carbocycles. The SMILES string of the molecule is COC(=O)[C@H](C)N[P@@](=O)(Oc1ccccc1)OC1[C@H]2O[C@@H](n3cnc4c(N(C)C)nc(N)nc43)[C@](C)(F)[C@@]12O. The highest BCUT2D eigenvalue weighted by Crippen LogP contribution is 2.66. The maximum atomic E-state index is 16.4. The molecule has 1 aliphatic heterocycles. The fourth-order valence-corrected chi connectivity index (χ4v) is 6.39. The molecule has 1 saturated carbocycles. The van der Waals surface area contributed by atoms with Gasteiger partial charge in [0.2, 0.25) is 5.95 Å². The van der Waals surface area contributed by atoms with E-state index < -0.39 is 49.5 Å². The molecule has 2 aliphatic rings. The number of hydrogen-bond donors (Lipinski definition) is 3. The zero-order valence-corrected chi connectivity index (χ0v) is 22.7. The van der Waals surface area contributed by atoms with E-state index in [-0.39, 0.29) is 17.3 Å². The first-order chi connectivity index (χ1) is 18.3. The van der Waals surface area contributed by atoms with Crippen LogP contribution in [0.15, 0.2) is 36.7 Å². The Morgan fingerprint density at radius 2 is 2.03 bits per heavy atom. The van der Waals surface area contributed by atoms with Crippen molar-refractivity contribution >= 4 is 36.6 Å². The highest BCUT2D eigenvalue weighted by atomic mass is 31.2. The Labute approximate surface area is 222 Å². The molecule has 0 spiro atoms. The summed E-state index contributed by atoms with van der Waals surface area (Å²) >= 11 is 0. The maximum absolute atomic E-state index is 16.4. The number of nitrogens with one attached hydrogen (secondary N) is 1. The molecule has 3 aromatic rings. The second kappa shape index (κ2) is 9.38. The minimum atomic E-state index is -4.37. The average molecular weight is 565 g/mol. The molecule has 5 rings (SSSR count). The summed E-state index contributed by atoms with van der Waals surface area (Å²) in [5, 5.41) is 13.9. The van der Waals surface area contributed by atoms with E-state index in [4.69, 9.17) is 19.5 Å². The molecule has 4 N–H and O–H groups in total. The zero-order chi connectivity index (χ0) is 28.3. The largest absolute Gasteiger partial charge is 0.468 e. The van der Waals surface area contributed by atoms with Crippen molar-refractivity contribution < 1.29 is 37.4 Å². The van der Waals surface area contributed by atoms with Gasteiger partial charge < -0.3 is 29.7 Å². The molecule has 2 aromatic heterocycles. The number of rotatable bonds is 9. The van der Waals surface area contributed by atoms with Gasteiger partial charge >= 0.3 is 13.7 Å². The summed E-state index contributed by atoms with van der Waals surface area (Å²) in [5.41, 5.74) is 1.73. The fraction of sp³-hybridized carbons (Fsp3) is 0.478. The lowest BCUT2D eigenvalue weighted by Crippen LogP contribution is -2.45. The number of hydrogen-bond acceptors (Lipinski definition) is 12. The third-order valence-electron chi connectivity index (χ3n) is 6.78. The summed E-state index contributed by atoms with van der Waals surface area (Å²) in [6, 6.07) is 6.93. The Bertz CT molecular complexity index is 1460. The molecule has 2 fully saturated rings. The minimum Gasteiger partial charge on any atom is -0.468 e. The molecule has 7 atom stereocenters. The van der Waals surface area contributed by atoms with E-state index in [2.05, 4.69) is 24.8 Å². The van der Waals surface area contributed by atoms with Crippen molar-refractivity contribution in [2.24, 2.45) is 0 Å². The lowest BCUT2D eigenvalue weighted by atomic mass is 9.97. The van der Waals surface area contributed by atoms with Gasteiger partial charge in [-0.05, 0) is 26.0 Å². The highest BCUT2D eigenvalue weighted by Gasteiger charge is 2.85. The number of aromatic nitrogens is 4. The number of carbonyl (C=O) groups is 1. The third-order valence-corrected chi connectivity index (χ3v) is 8.44. The van der Waals surface area contributed by atoms with E-state index in [1.807, 2.05) is 0 Å². The van der Waals surface area contributed by atoms with Gasteiger partial charge in [0.1, 0.15) is 24.0 Å². The molecule has 0 radical (unpaired) electrons. The van der Waals surface area contributed by atoms with Crippen LogP contribution in [0, 0.1) is 0 Å². The first-order valence-corrected chi connectivity index (χ1v) is 13.5. The number of para-hydroxylation sites is 1. The number of methoxy groups -OCH3 is 1. The van der Waals surface area contributed by atoms with Crippen molar-refractivity contribution in [3.05, 3.63) is 36.7 Å². The average Bonchev–Trinajstić information content (AvgIpc) is 3.14. The molecule has 3 heterocycles. The number of aliphatic hydroxyl groups is 1. The van der Waals surface area contributed by atoms with Crippen molar-refractivity contribution in [1.82, 2.24) is 24.6 Å². The monoisotopic (exact) mass is 565 g/mol. The van der Waals surface area contributed by atoms with Crippen LogP contribution in [-0.4, -0.2) is 81.3 Å². The van der Waals surface area contributed by atoms with Crippen molar-refractivity contribution in [2.45, 2.75) is 49.6 Å². The topological polar surface area (TPSA) is 176 Å². The van der Waals surface area contributed by atoms with Crippen LogP contribution < -0.4 is 20.2 Å². The van der Waals surface area contributed by atoms with E-state index in [1.54, 1.807) is 37.2 Å². The molecule has 16 heteroatoms. The van der Waals surface area contributed by atoms with Crippen LogP contribution >= 0.6 is 7.75 Å². The van der Waals surface area contributed by atoms with E-state index in [1.165, 1.54) is 37.1 Å². The van der Waals surface area contributed by atoms with Gasteiger partial charge in [-0.1, -0.05) is 18.2 Å². The Balaban J connectivity index is 1.43. The van der Waals surface area contributed by atoms with Gasteiger partial charge in [-0.15, -0.1) is 0 Å². The number of halogens is 1. The molecule has 0 amide bonds. The Kier molecular flexibility index (Phi) is 6.55. The van der Waals surface area contributed by atoms with E-state index in [0.29, 0.717) is 11.3 Å². The fourth-order valence-electron chi connectivity index (χ4n) is 4.69. The van der Waals surface area contributed by atoms with Gasteiger partial charge in [0, 0.05) is 14.1 Å². The van der Waals surface area contributed by atoms with Crippen LogP contribution in [0.1, 0.15) is 20.1 Å². The standard InChI is InChI=1S/C23H29FN7O7P/c1-12(19(32)35-5)29-39(34,37-13-9-7-6-8-10-13)38-16-15-23(16,33)22(2,24)20(36-15)31-11-26-14-17(30(3)4)27-21(25)28-18(14)31/h6-12,15-16,20,33H,1-5H3,(H,29,34)(H2,25,27,28)/t12-,15+,16?,20+,22-,23-,39+/m0/s1.